The van der Waals surface area contributed by atoms with Gasteiger partial charge in [-0.25, -0.2) is 14.2 Å². The number of benzene rings is 1. The molecule has 0 aliphatic rings. The topological polar surface area (TPSA) is 53.4 Å². The molecule has 0 radical (unpaired) electrons. The van der Waals surface area contributed by atoms with Crippen molar-refractivity contribution in [2.24, 2.45) is 0 Å². The van der Waals surface area contributed by atoms with Crippen LogP contribution in [0, 0.1) is 12.7 Å². The third kappa shape index (κ3) is 3.52. The number of aryl methyl sites for hydroxylation is 1. The predicted octanol–water partition coefficient (Wildman–Crippen LogP) is 5.10. The van der Waals surface area contributed by atoms with Gasteiger partial charge in [0.25, 0.3) is 0 Å². The van der Waals surface area contributed by atoms with E-state index >= 15 is 0 Å². The van der Waals surface area contributed by atoms with E-state index in [0.717, 1.165) is 16.1 Å². The van der Waals surface area contributed by atoms with E-state index in [9.17, 15) is 14.3 Å². The third-order valence-corrected chi connectivity index (χ3v) is 4.75. The monoisotopic (exact) mass is 336 g/mol. The molecular formula is C17H21FN2O2S. The summed E-state index contributed by atoms with van der Waals surface area (Å²) in [5, 5.41) is 9.47. The van der Waals surface area contributed by atoms with Gasteiger partial charge in [-0.2, -0.15) is 0 Å². The molecule has 4 nitrogen and oxygen atoms in total. The number of rotatable bonds is 3. The molecule has 0 spiro atoms. The first-order chi connectivity index (χ1) is 10.6. The molecular weight excluding hydrogens is 315 g/mol. The fourth-order valence-electron chi connectivity index (χ4n) is 2.76. The molecule has 0 fully saturated rings. The second kappa shape index (κ2) is 6.28. The van der Waals surface area contributed by atoms with Crippen molar-refractivity contribution in [2.75, 3.05) is 0 Å². The number of carbonyl (C=O) groups is 1. The highest BCUT2D eigenvalue weighted by atomic mass is 32.1. The maximum absolute atomic E-state index is 14.6. The van der Waals surface area contributed by atoms with Crippen molar-refractivity contribution in [2.45, 2.75) is 46.2 Å². The van der Waals surface area contributed by atoms with Crippen LogP contribution in [0.25, 0.3) is 10.4 Å². The van der Waals surface area contributed by atoms with Crippen LogP contribution in [0.5, 0.6) is 0 Å². The molecule has 1 heterocycles. The van der Waals surface area contributed by atoms with Crippen molar-refractivity contribution < 1.29 is 14.3 Å². The maximum atomic E-state index is 14.6. The summed E-state index contributed by atoms with van der Waals surface area (Å²) in [6.45, 7) is 8.97. The fourth-order valence-corrected chi connectivity index (χ4v) is 3.56. The van der Waals surface area contributed by atoms with Crippen LogP contribution in [0.2, 0.25) is 0 Å². The van der Waals surface area contributed by atoms with Crippen LogP contribution < -0.4 is 0 Å². The van der Waals surface area contributed by atoms with Crippen LogP contribution in [0.3, 0.4) is 0 Å². The Bertz CT molecular complexity index is 722. The van der Waals surface area contributed by atoms with Crippen molar-refractivity contribution >= 4 is 17.4 Å². The summed E-state index contributed by atoms with van der Waals surface area (Å²) in [5.41, 5.74) is 3.09. The SMILES string of the molecule is Cc1ncsc1-c1ccc([C@H](C)N(C(=O)O)C(C)(C)C)c(F)c1. The molecule has 0 saturated carbocycles. The standard InChI is InChI=1S/C17H21FN2O2S/c1-10-15(23-9-19-10)12-6-7-13(14(18)8-12)11(2)20(16(21)22)17(3,4)5/h6-9,11H,1-5H3,(H,21,22)/t11-/m0/s1. The smallest absolute Gasteiger partial charge is 0.408 e. The van der Waals surface area contributed by atoms with Gasteiger partial charge in [0.1, 0.15) is 5.82 Å². The summed E-state index contributed by atoms with van der Waals surface area (Å²) in [7, 11) is 0. The molecule has 2 rings (SSSR count). The Balaban J connectivity index is 2.41. The van der Waals surface area contributed by atoms with E-state index in [1.165, 1.54) is 22.3 Å². The van der Waals surface area contributed by atoms with Gasteiger partial charge in [0.15, 0.2) is 0 Å². The Morgan fingerprint density at radius 1 is 1.39 bits per heavy atom. The number of thiazole rings is 1. The van der Waals surface area contributed by atoms with Gasteiger partial charge in [-0.1, -0.05) is 12.1 Å². The van der Waals surface area contributed by atoms with Crippen LogP contribution >= 0.6 is 11.3 Å². The van der Waals surface area contributed by atoms with E-state index in [1.54, 1.807) is 39.3 Å². The first-order valence-corrected chi connectivity index (χ1v) is 8.23. The van der Waals surface area contributed by atoms with Crippen LogP contribution in [0.15, 0.2) is 23.7 Å². The molecule has 2 aromatic rings. The lowest BCUT2D eigenvalue weighted by atomic mass is 9.98. The maximum Gasteiger partial charge on any atom is 0.408 e. The molecule has 23 heavy (non-hydrogen) atoms. The fraction of sp³-hybridized carbons (Fsp3) is 0.412. The summed E-state index contributed by atoms with van der Waals surface area (Å²) < 4.78 is 14.6. The van der Waals surface area contributed by atoms with Crippen LogP contribution in [-0.2, 0) is 0 Å². The minimum atomic E-state index is -1.06. The Labute approximate surface area is 139 Å². The van der Waals surface area contributed by atoms with Gasteiger partial charge in [0.2, 0.25) is 0 Å². The summed E-state index contributed by atoms with van der Waals surface area (Å²) in [6, 6.07) is 4.35. The molecule has 1 N–H and O–H groups in total. The van der Waals surface area contributed by atoms with Crippen LogP contribution in [-0.4, -0.2) is 26.6 Å². The van der Waals surface area contributed by atoms with Gasteiger partial charge in [-0.3, -0.25) is 4.90 Å². The number of nitrogens with zero attached hydrogens (tertiary/aromatic N) is 2. The van der Waals surface area contributed by atoms with E-state index in [2.05, 4.69) is 4.98 Å². The van der Waals surface area contributed by atoms with E-state index in [1.807, 2.05) is 13.0 Å². The van der Waals surface area contributed by atoms with E-state index in [-0.39, 0.29) is 0 Å². The van der Waals surface area contributed by atoms with Gasteiger partial charge in [-0.15, -0.1) is 11.3 Å². The Kier molecular flexibility index (Phi) is 4.75. The molecule has 0 bridgehead atoms. The lowest BCUT2D eigenvalue weighted by molar-refractivity contribution is 0.0743. The highest BCUT2D eigenvalue weighted by Gasteiger charge is 2.32. The summed E-state index contributed by atoms with van der Waals surface area (Å²) in [4.78, 5) is 17.9. The lowest BCUT2D eigenvalue weighted by Gasteiger charge is -2.38. The van der Waals surface area contributed by atoms with E-state index < -0.39 is 23.5 Å². The van der Waals surface area contributed by atoms with Gasteiger partial charge < -0.3 is 5.11 Å². The highest BCUT2D eigenvalue weighted by molar-refractivity contribution is 7.13. The summed E-state index contributed by atoms with van der Waals surface area (Å²) >= 11 is 1.46. The quantitative estimate of drug-likeness (QED) is 0.848. The minimum Gasteiger partial charge on any atom is -0.465 e. The molecule has 1 aromatic heterocycles. The number of halogens is 1. The second-order valence-electron chi connectivity index (χ2n) is 6.50. The molecule has 1 aromatic carbocycles. The molecule has 0 aliphatic carbocycles. The van der Waals surface area contributed by atoms with Gasteiger partial charge in [0.05, 0.1) is 22.1 Å². The number of carboxylic acid groups (broad SMARTS) is 1. The average Bonchev–Trinajstić information content (AvgIpc) is 2.82. The molecule has 1 amide bonds. The Morgan fingerprint density at radius 3 is 2.48 bits per heavy atom. The normalized spacial score (nSPS) is 13.0. The minimum absolute atomic E-state index is 0.369. The molecule has 0 unspecified atom stereocenters. The predicted molar refractivity (Wildman–Crippen MR) is 90.3 cm³/mol. The zero-order valence-electron chi connectivity index (χ0n) is 13.9. The van der Waals surface area contributed by atoms with Crippen LogP contribution in [0.1, 0.15) is 45.0 Å². The molecule has 0 saturated heterocycles. The zero-order chi connectivity index (χ0) is 17.4. The zero-order valence-corrected chi connectivity index (χ0v) is 14.7. The molecule has 1 atom stereocenters. The number of hydrogen-bond donors (Lipinski definition) is 1. The molecule has 124 valence electrons. The lowest BCUT2D eigenvalue weighted by Crippen LogP contribution is -2.46. The highest BCUT2D eigenvalue weighted by Crippen LogP contribution is 2.33. The number of amides is 1. The van der Waals surface area contributed by atoms with E-state index in [0.29, 0.717) is 5.56 Å². The second-order valence-corrected chi connectivity index (χ2v) is 7.36. The van der Waals surface area contributed by atoms with Crippen molar-refractivity contribution in [3.8, 4) is 10.4 Å². The van der Waals surface area contributed by atoms with Crippen molar-refractivity contribution in [1.29, 1.82) is 0 Å². The van der Waals surface area contributed by atoms with E-state index in [4.69, 9.17) is 0 Å². The first-order valence-electron chi connectivity index (χ1n) is 7.35. The van der Waals surface area contributed by atoms with Crippen molar-refractivity contribution in [3.63, 3.8) is 0 Å². The Morgan fingerprint density at radius 2 is 2.04 bits per heavy atom. The largest absolute Gasteiger partial charge is 0.465 e. The average molecular weight is 336 g/mol. The van der Waals surface area contributed by atoms with Gasteiger partial charge in [0, 0.05) is 11.1 Å². The van der Waals surface area contributed by atoms with Gasteiger partial charge in [-0.05, 0) is 46.2 Å². The van der Waals surface area contributed by atoms with Gasteiger partial charge >= 0.3 is 6.09 Å². The van der Waals surface area contributed by atoms with Crippen molar-refractivity contribution in [1.82, 2.24) is 9.88 Å². The third-order valence-electron chi connectivity index (χ3n) is 3.77. The summed E-state index contributed by atoms with van der Waals surface area (Å²) in [6.07, 6.45) is -1.06. The van der Waals surface area contributed by atoms with Crippen LogP contribution in [0.4, 0.5) is 9.18 Å². The molecule has 6 heteroatoms. The summed E-state index contributed by atoms with van der Waals surface area (Å²) in [5.74, 6) is -0.404. The number of hydrogen-bond acceptors (Lipinski definition) is 3. The Hall–Kier alpha value is -1.95. The first kappa shape index (κ1) is 17.4. The molecule has 0 aliphatic heterocycles. The van der Waals surface area contributed by atoms with Crippen molar-refractivity contribution in [3.05, 3.63) is 40.8 Å². The number of aromatic nitrogens is 1.